The van der Waals surface area contributed by atoms with Gasteiger partial charge in [-0.1, -0.05) is 23.4 Å². The van der Waals surface area contributed by atoms with Crippen molar-refractivity contribution in [3.8, 4) is 0 Å². The summed E-state index contributed by atoms with van der Waals surface area (Å²) in [5, 5.41) is 3.89. The van der Waals surface area contributed by atoms with Crippen molar-refractivity contribution >= 4 is 11.7 Å². The maximum Gasteiger partial charge on any atom is 0.331 e. The third-order valence-corrected chi connectivity index (χ3v) is 3.74. The number of oxime groups is 1. The number of hydrogen-bond acceptors (Lipinski definition) is 4. The molecule has 0 saturated carbocycles. The Morgan fingerprint density at radius 3 is 3.11 bits per heavy atom. The molecule has 0 aromatic carbocycles. The predicted molar refractivity (Wildman–Crippen MR) is 68.8 cm³/mol. The van der Waals surface area contributed by atoms with Crippen LogP contribution in [0.2, 0.25) is 0 Å². The summed E-state index contributed by atoms with van der Waals surface area (Å²) >= 11 is 0. The second kappa shape index (κ2) is 4.12. The Balaban J connectivity index is 1.90. The van der Waals surface area contributed by atoms with Gasteiger partial charge in [-0.05, 0) is 18.9 Å². The van der Waals surface area contributed by atoms with Crippen molar-refractivity contribution in [2.75, 3.05) is 6.54 Å². The van der Waals surface area contributed by atoms with E-state index in [1.807, 2.05) is 6.92 Å². The molecule has 0 N–H and O–H groups in total. The van der Waals surface area contributed by atoms with E-state index in [0.29, 0.717) is 12.0 Å². The summed E-state index contributed by atoms with van der Waals surface area (Å²) in [6, 6.07) is 0.465. The van der Waals surface area contributed by atoms with Crippen LogP contribution in [0.5, 0.6) is 0 Å². The lowest BCUT2D eigenvalue weighted by atomic mass is 9.86. The monoisotopic (exact) mass is 244 g/mol. The van der Waals surface area contributed by atoms with Gasteiger partial charge >= 0.3 is 5.97 Å². The fourth-order valence-electron chi connectivity index (χ4n) is 2.97. The molecule has 1 saturated heterocycles. The molecule has 94 valence electrons. The van der Waals surface area contributed by atoms with E-state index in [1.54, 1.807) is 0 Å². The lowest BCUT2D eigenvalue weighted by Gasteiger charge is -2.23. The highest BCUT2D eigenvalue weighted by molar-refractivity contribution is 6.03. The van der Waals surface area contributed by atoms with Gasteiger partial charge in [0.15, 0.2) is 0 Å². The van der Waals surface area contributed by atoms with E-state index in [4.69, 9.17) is 4.84 Å². The van der Waals surface area contributed by atoms with Gasteiger partial charge in [-0.3, -0.25) is 0 Å². The Morgan fingerprint density at radius 2 is 2.33 bits per heavy atom. The molecule has 3 rings (SSSR count). The van der Waals surface area contributed by atoms with E-state index in [9.17, 15) is 4.79 Å². The molecule has 2 unspecified atom stereocenters. The molecule has 18 heavy (non-hydrogen) atoms. The van der Waals surface area contributed by atoms with Gasteiger partial charge < -0.3 is 9.74 Å². The Morgan fingerprint density at radius 1 is 1.50 bits per heavy atom. The molecule has 2 aliphatic heterocycles. The second-order valence-electron chi connectivity index (χ2n) is 4.94. The van der Waals surface area contributed by atoms with Crippen LogP contribution in [0.3, 0.4) is 0 Å². The molecular formula is C14H16N2O2. The molecule has 0 aromatic heterocycles. The average Bonchev–Trinajstić information content (AvgIpc) is 2.92. The zero-order valence-electron chi connectivity index (χ0n) is 10.6. The van der Waals surface area contributed by atoms with Gasteiger partial charge in [0, 0.05) is 31.2 Å². The van der Waals surface area contributed by atoms with Gasteiger partial charge in [-0.25, -0.2) is 4.79 Å². The zero-order valence-corrected chi connectivity index (χ0v) is 10.6. The molecule has 2 atom stereocenters. The SMILES string of the molecule is CC(=O)O/N=C(\C)C1=CN2CCC3C=CC=C1C32. The van der Waals surface area contributed by atoms with Gasteiger partial charge in [0.05, 0.1) is 11.8 Å². The number of nitrogens with zero attached hydrogens (tertiary/aromatic N) is 2. The molecule has 4 nitrogen and oxygen atoms in total. The molecule has 3 aliphatic rings. The molecule has 2 heterocycles. The van der Waals surface area contributed by atoms with Gasteiger partial charge in [0.2, 0.25) is 0 Å². The molecule has 0 bridgehead atoms. The first-order chi connectivity index (χ1) is 8.66. The van der Waals surface area contributed by atoms with Gasteiger partial charge in [0.25, 0.3) is 0 Å². The molecule has 0 spiro atoms. The van der Waals surface area contributed by atoms with Crippen molar-refractivity contribution in [2.45, 2.75) is 26.3 Å². The lowest BCUT2D eigenvalue weighted by Crippen LogP contribution is -2.26. The number of rotatable bonds is 2. The first-order valence-corrected chi connectivity index (χ1v) is 6.25. The summed E-state index contributed by atoms with van der Waals surface area (Å²) in [6.45, 7) is 4.32. The summed E-state index contributed by atoms with van der Waals surface area (Å²) in [5.74, 6) is 0.226. The first kappa shape index (κ1) is 11.3. The van der Waals surface area contributed by atoms with Crippen LogP contribution in [-0.4, -0.2) is 29.2 Å². The zero-order chi connectivity index (χ0) is 12.7. The highest BCUT2D eigenvalue weighted by Crippen LogP contribution is 2.41. The number of allylic oxidation sites excluding steroid dienone is 2. The van der Waals surface area contributed by atoms with Crippen molar-refractivity contribution < 1.29 is 9.63 Å². The maximum atomic E-state index is 10.8. The normalized spacial score (nSPS) is 29.0. The minimum atomic E-state index is -0.385. The summed E-state index contributed by atoms with van der Waals surface area (Å²) in [5.41, 5.74) is 3.16. The average molecular weight is 244 g/mol. The Hall–Kier alpha value is -1.84. The molecular weight excluding hydrogens is 228 g/mol. The van der Waals surface area contributed by atoms with Crippen LogP contribution in [0.4, 0.5) is 0 Å². The number of carbonyl (C=O) groups is 1. The minimum absolute atomic E-state index is 0.385. The van der Waals surface area contributed by atoms with E-state index in [2.05, 4.69) is 34.5 Å². The molecule has 0 amide bonds. The van der Waals surface area contributed by atoms with Crippen LogP contribution in [-0.2, 0) is 9.63 Å². The van der Waals surface area contributed by atoms with Gasteiger partial charge in [-0.15, -0.1) is 0 Å². The standard InChI is InChI=1S/C14H16N2O2/c1-9(15-18-10(2)17)13-8-16-7-6-11-4-3-5-12(13)14(11)16/h3-5,8,11,14H,6-7H2,1-2H3/b15-9+. The van der Waals surface area contributed by atoms with Crippen LogP contribution >= 0.6 is 0 Å². The van der Waals surface area contributed by atoms with Crippen molar-refractivity contribution in [1.29, 1.82) is 0 Å². The third-order valence-electron chi connectivity index (χ3n) is 3.74. The van der Waals surface area contributed by atoms with E-state index in [-0.39, 0.29) is 5.97 Å². The van der Waals surface area contributed by atoms with Crippen molar-refractivity contribution in [3.63, 3.8) is 0 Å². The van der Waals surface area contributed by atoms with Crippen LogP contribution in [0.15, 0.2) is 40.7 Å². The Kier molecular flexibility index (Phi) is 2.58. The van der Waals surface area contributed by atoms with E-state index in [1.165, 1.54) is 18.9 Å². The van der Waals surface area contributed by atoms with Crippen LogP contribution in [0.1, 0.15) is 20.3 Å². The highest BCUT2D eigenvalue weighted by atomic mass is 16.7. The van der Waals surface area contributed by atoms with Crippen molar-refractivity contribution in [1.82, 2.24) is 4.90 Å². The van der Waals surface area contributed by atoms with Crippen molar-refractivity contribution in [2.24, 2.45) is 11.1 Å². The number of hydrogen-bond donors (Lipinski definition) is 0. The van der Waals surface area contributed by atoms with Crippen LogP contribution in [0.25, 0.3) is 0 Å². The van der Waals surface area contributed by atoms with Crippen LogP contribution < -0.4 is 0 Å². The topological polar surface area (TPSA) is 41.9 Å². The first-order valence-electron chi connectivity index (χ1n) is 6.25. The summed E-state index contributed by atoms with van der Waals surface area (Å²) in [7, 11) is 0. The number of carbonyl (C=O) groups excluding carboxylic acids is 1. The lowest BCUT2D eigenvalue weighted by molar-refractivity contribution is -0.140. The molecule has 0 aromatic rings. The van der Waals surface area contributed by atoms with E-state index in [0.717, 1.165) is 17.8 Å². The molecule has 0 radical (unpaired) electrons. The second-order valence-corrected chi connectivity index (χ2v) is 4.94. The van der Waals surface area contributed by atoms with E-state index >= 15 is 0 Å². The van der Waals surface area contributed by atoms with Gasteiger partial charge in [-0.2, -0.15) is 0 Å². The van der Waals surface area contributed by atoms with Crippen LogP contribution in [0, 0.1) is 5.92 Å². The Bertz CT molecular complexity index is 514. The smallest absolute Gasteiger partial charge is 0.331 e. The summed E-state index contributed by atoms with van der Waals surface area (Å²) in [6.07, 6.45) is 9.90. The van der Waals surface area contributed by atoms with Gasteiger partial charge in [0.1, 0.15) is 0 Å². The third kappa shape index (κ3) is 1.68. The predicted octanol–water partition coefficient (Wildman–Crippen LogP) is 2.01. The minimum Gasteiger partial charge on any atom is -0.369 e. The summed E-state index contributed by atoms with van der Waals surface area (Å²) < 4.78 is 0. The molecule has 1 fully saturated rings. The Labute approximate surface area is 106 Å². The largest absolute Gasteiger partial charge is 0.369 e. The fourth-order valence-corrected chi connectivity index (χ4v) is 2.97. The maximum absolute atomic E-state index is 10.8. The molecule has 4 heteroatoms. The van der Waals surface area contributed by atoms with Crippen molar-refractivity contribution in [3.05, 3.63) is 35.6 Å². The quantitative estimate of drug-likeness (QED) is 0.424. The fraction of sp³-hybridized carbons (Fsp3) is 0.429. The summed E-state index contributed by atoms with van der Waals surface area (Å²) in [4.78, 5) is 17.9. The molecule has 1 aliphatic carbocycles. The van der Waals surface area contributed by atoms with E-state index < -0.39 is 0 Å². The highest BCUT2D eigenvalue weighted by Gasteiger charge is 2.41.